The molecule has 0 aliphatic carbocycles. The fraction of sp³-hybridized carbons (Fsp3) is 0.700. The van der Waals surface area contributed by atoms with Gasteiger partial charge in [-0.15, -0.1) is 0 Å². The third-order valence-corrected chi connectivity index (χ3v) is 2.70. The molecule has 0 radical (unpaired) electrons. The van der Waals surface area contributed by atoms with Crippen molar-refractivity contribution in [2.45, 2.75) is 31.8 Å². The first-order valence-corrected chi connectivity index (χ1v) is 5.16. The molecule has 1 aromatic heterocycles. The Hall–Kier alpha value is -0.870. The zero-order chi connectivity index (χ0) is 9.97. The van der Waals surface area contributed by atoms with E-state index in [1.807, 2.05) is 19.2 Å². The highest BCUT2D eigenvalue weighted by Gasteiger charge is 2.19. The minimum Gasteiger partial charge on any atom is -0.381 e. The normalized spacial score (nSPS) is 21.0. The first-order valence-electron chi connectivity index (χ1n) is 5.16. The Kier molecular flexibility index (Phi) is 2.84. The van der Waals surface area contributed by atoms with E-state index in [9.17, 15) is 0 Å². The number of ether oxygens (including phenoxy) is 1. The van der Waals surface area contributed by atoms with Crippen molar-refractivity contribution < 1.29 is 4.74 Å². The number of aromatic nitrogens is 2. The van der Waals surface area contributed by atoms with Gasteiger partial charge in [0.05, 0.1) is 11.7 Å². The van der Waals surface area contributed by atoms with E-state index in [4.69, 9.17) is 10.5 Å². The van der Waals surface area contributed by atoms with Gasteiger partial charge in [0.1, 0.15) is 0 Å². The predicted molar refractivity (Wildman–Crippen MR) is 53.9 cm³/mol. The van der Waals surface area contributed by atoms with Crippen LogP contribution in [0.15, 0.2) is 12.3 Å². The maximum atomic E-state index is 5.87. The van der Waals surface area contributed by atoms with E-state index in [0.717, 1.165) is 31.7 Å². The molecule has 4 nitrogen and oxygen atoms in total. The fourth-order valence-electron chi connectivity index (χ4n) is 1.92. The van der Waals surface area contributed by atoms with E-state index in [-0.39, 0.29) is 6.04 Å². The molecule has 4 heteroatoms. The monoisotopic (exact) mass is 195 g/mol. The molecule has 0 aromatic carbocycles. The molecule has 1 unspecified atom stereocenters. The Morgan fingerprint density at radius 2 is 2.29 bits per heavy atom. The summed E-state index contributed by atoms with van der Waals surface area (Å²) in [7, 11) is 0. The second-order valence-electron chi connectivity index (χ2n) is 3.83. The molecule has 1 aliphatic heterocycles. The van der Waals surface area contributed by atoms with Gasteiger partial charge in [-0.1, -0.05) is 0 Å². The molecule has 2 rings (SSSR count). The topological polar surface area (TPSA) is 53.1 Å². The van der Waals surface area contributed by atoms with Crippen LogP contribution in [0.2, 0.25) is 0 Å². The molecule has 14 heavy (non-hydrogen) atoms. The molecule has 1 aliphatic rings. The smallest absolute Gasteiger partial charge is 0.0566 e. The Morgan fingerprint density at radius 3 is 2.93 bits per heavy atom. The van der Waals surface area contributed by atoms with Crippen molar-refractivity contribution in [2.75, 3.05) is 13.2 Å². The molecular weight excluding hydrogens is 178 g/mol. The molecule has 0 spiro atoms. The van der Waals surface area contributed by atoms with Crippen molar-refractivity contribution in [2.24, 2.45) is 5.73 Å². The van der Waals surface area contributed by atoms with E-state index < -0.39 is 0 Å². The van der Waals surface area contributed by atoms with Crippen LogP contribution in [0.4, 0.5) is 0 Å². The molecule has 1 saturated heterocycles. The molecule has 1 aromatic rings. The summed E-state index contributed by atoms with van der Waals surface area (Å²) in [5.74, 6) is 0. The number of hydrogen-bond donors (Lipinski definition) is 1. The number of nitrogens with zero attached hydrogens (tertiary/aromatic N) is 2. The maximum Gasteiger partial charge on any atom is 0.0566 e. The standard InChI is InChI=1S/C10H17N3O/c1-8(11)10-2-5-12-13(10)9-3-6-14-7-4-9/h2,5,8-9H,3-4,6-7,11H2,1H3. The van der Waals surface area contributed by atoms with Gasteiger partial charge >= 0.3 is 0 Å². The third-order valence-electron chi connectivity index (χ3n) is 2.70. The lowest BCUT2D eigenvalue weighted by Crippen LogP contribution is -2.24. The molecule has 0 bridgehead atoms. The minimum absolute atomic E-state index is 0.0559. The zero-order valence-electron chi connectivity index (χ0n) is 8.52. The first-order chi connectivity index (χ1) is 6.79. The van der Waals surface area contributed by atoms with Crippen molar-refractivity contribution in [1.82, 2.24) is 9.78 Å². The molecular formula is C10H17N3O. The highest BCUT2D eigenvalue weighted by molar-refractivity contribution is 5.06. The van der Waals surface area contributed by atoms with Crippen molar-refractivity contribution in [3.8, 4) is 0 Å². The van der Waals surface area contributed by atoms with Crippen LogP contribution in [0.3, 0.4) is 0 Å². The summed E-state index contributed by atoms with van der Waals surface area (Å²) in [4.78, 5) is 0. The van der Waals surface area contributed by atoms with Crippen LogP contribution < -0.4 is 5.73 Å². The van der Waals surface area contributed by atoms with Gasteiger partial charge in [-0.25, -0.2) is 0 Å². The zero-order valence-corrected chi connectivity index (χ0v) is 8.52. The minimum atomic E-state index is 0.0559. The molecule has 1 atom stereocenters. The predicted octanol–water partition coefficient (Wildman–Crippen LogP) is 1.25. The van der Waals surface area contributed by atoms with Crippen LogP contribution in [0, 0.1) is 0 Å². The molecule has 2 N–H and O–H groups in total. The van der Waals surface area contributed by atoms with E-state index in [0.29, 0.717) is 6.04 Å². The van der Waals surface area contributed by atoms with E-state index in [1.165, 1.54) is 0 Å². The quantitative estimate of drug-likeness (QED) is 0.772. The lowest BCUT2D eigenvalue weighted by atomic mass is 10.1. The van der Waals surface area contributed by atoms with Gasteiger partial charge in [0, 0.05) is 25.5 Å². The van der Waals surface area contributed by atoms with Crippen molar-refractivity contribution in [1.29, 1.82) is 0 Å². The Balaban J connectivity index is 2.17. The van der Waals surface area contributed by atoms with Crippen LogP contribution >= 0.6 is 0 Å². The van der Waals surface area contributed by atoms with Crippen LogP contribution in [-0.4, -0.2) is 23.0 Å². The van der Waals surface area contributed by atoms with Gasteiger partial charge in [-0.3, -0.25) is 4.68 Å². The Morgan fingerprint density at radius 1 is 1.57 bits per heavy atom. The van der Waals surface area contributed by atoms with Crippen molar-refractivity contribution >= 4 is 0 Å². The average Bonchev–Trinajstić information content (AvgIpc) is 2.67. The summed E-state index contributed by atoms with van der Waals surface area (Å²) in [5.41, 5.74) is 7.00. The summed E-state index contributed by atoms with van der Waals surface area (Å²) >= 11 is 0. The lowest BCUT2D eigenvalue weighted by Gasteiger charge is -2.25. The van der Waals surface area contributed by atoms with E-state index >= 15 is 0 Å². The number of hydrogen-bond acceptors (Lipinski definition) is 3. The van der Waals surface area contributed by atoms with Gasteiger partial charge in [0.2, 0.25) is 0 Å². The molecule has 0 saturated carbocycles. The van der Waals surface area contributed by atoms with Gasteiger partial charge < -0.3 is 10.5 Å². The molecule has 78 valence electrons. The number of rotatable bonds is 2. The molecule has 0 amide bonds. The second kappa shape index (κ2) is 4.11. The van der Waals surface area contributed by atoms with Crippen LogP contribution in [0.25, 0.3) is 0 Å². The van der Waals surface area contributed by atoms with E-state index in [2.05, 4.69) is 9.78 Å². The van der Waals surface area contributed by atoms with Gasteiger partial charge in [0.25, 0.3) is 0 Å². The van der Waals surface area contributed by atoms with Crippen LogP contribution in [-0.2, 0) is 4.74 Å². The summed E-state index contributed by atoms with van der Waals surface area (Å²) < 4.78 is 7.39. The fourth-order valence-corrected chi connectivity index (χ4v) is 1.92. The van der Waals surface area contributed by atoms with Gasteiger partial charge in [-0.2, -0.15) is 5.10 Å². The summed E-state index contributed by atoms with van der Waals surface area (Å²) in [6, 6.07) is 2.53. The summed E-state index contributed by atoms with van der Waals surface area (Å²) in [5, 5.41) is 4.34. The average molecular weight is 195 g/mol. The van der Waals surface area contributed by atoms with E-state index in [1.54, 1.807) is 0 Å². The Bertz CT molecular complexity index is 289. The summed E-state index contributed by atoms with van der Waals surface area (Å²) in [6.45, 7) is 3.67. The van der Waals surface area contributed by atoms with Crippen LogP contribution in [0.5, 0.6) is 0 Å². The maximum absolute atomic E-state index is 5.87. The largest absolute Gasteiger partial charge is 0.381 e. The molecule has 2 heterocycles. The van der Waals surface area contributed by atoms with Gasteiger partial charge in [-0.05, 0) is 25.8 Å². The second-order valence-corrected chi connectivity index (χ2v) is 3.83. The number of nitrogens with two attached hydrogens (primary N) is 1. The van der Waals surface area contributed by atoms with Crippen molar-refractivity contribution in [3.05, 3.63) is 18.0 Å². The lowest BCUT2D eigenvalue weighted by molar-refractivity contribution is 0.0651. The van der Waals surface area contributed by atoms with Gasteiger partial charge in [0.15, 0.2) is 0 Å². The molecule has 1 fully saturated rings. The Labute approximate surface area is 84.0 Å². The highest BCUT2D eigenvalue weighted by atomic mass is 16.5. The van der Waals surface area contributed by atoms with Crippen molar-refractivity contribution in [3.63, 3.8) is 0 Å². The van der Waals surface area contributed by atoms with Crippen LogP contribution in [0.1, 0.15) is 37.5 Å². The summed E-state index contributed by atoms with van der Waals surface area (Å²) in [6.07, 6.45) is 3.91. The SMILES string of the molecule is CC(N)c1ccnn1C1CCOCC1. The third kappa shape index (κ3) is 1.81. The highest BCUT2D eigenvalue weighted by Crippen LogP contribution is 2.23. The first kappa shape index (κ1) is 9.68.